The Hall–Kier alpha value is -4.14. The minimum atomic E-state index is -1.01. The van der Waals surface area contributed by atoms with Crippen molar-refractivity contribution in [3.8, 4) is 0 Å². The molecule has 0 amide bonds. The van der Waals surface area contributed by atoms with Crippen LogP contribution in [-0.4, -0.2) is 32.4 Å². The van der Waals surface area contributed by atoms with Gasteiger partial charge in [0.25, 0.3) is 0 Å². The highest BCUT2D eigenvalue weighted by Crippen LogP contribution is 2.31. The minimum Gasteiger partial charge on any atom is -0.478 e. The smallest absolute Gasteiger partial charge is 0.337 e. The number of rotatable bonds is 5. The molecule has 33 heavy (non-hydrogen) atoms. The van der Waals surface area contributed by atoms with E-state index in [1.165, 1.54) is 6.07 Å². The standard InChI is InChI=1S/C24H23N5O4/c1-14-9-17(15(2)26-19-6-4-3-5-16(19)24(31)32)23-18(10-14)20(30)11-22(33-23)28-7-8-29-13-25-27-21(29)12-28/h3-6,9-11,13,15,26H,7-8,12H2,1-2H3,(H,31,32). The number of anilines is 2. The molecule has 1 aliphatic rings. The van der Waals surface area contributed by atoms with E-state index in [1.807, 2.05) is 35.4 Å². The largest absolute Gasteiger partial charge is 0.478 e. The van der Waals surface area contributed by atoms with Crippen LogP contribution in [0.4, 0.5) is 11.6 Å². The Morgan fingerprint density at radius 1 is 1.21 bits per heavy atom. The summed E-state index contributed by atoms with van der Waals surface area (Å²) in [6, 6.07) is 11.7. The maximum Gasteiger partial charge on any atom is 0.337 e. The number of aryl methyl sites for hydroxylation is 1. The van der Waals surface area contributed by atoms with Gasteiger partial charge in [0.1, 0.15) is 11.9 Å². The van der Waals surface area contributed by atoms with E-state index in [4.69, 9.17) is 4.42 Å². The average molecular weight is 445 g/mol. The quantitative estimate of drug-likeness (QED) is 0.479. The number of carboxylic acids is 1. The lowest BCUT2D eigenvalue weighted by atomic mass is 10.0. The zero-order valence-electron chi connectivity index (χ0n) is 18.3. The van der Waals surface area contributed by atoms with E-state index in [0.717, 1.165) is 17.0 Å². The minimum absolute atomic E-state index is 0.124. The second kappa shape index (κ2) is 8.09. The number of hydrogen-bond donors (Lipinski definition) is 2. The number of aromatic carboxylic acids is 1. The van der Waals surface area contributed by atoms with Gasteiger partial charge in [-0.2, -0.15) is 0 Å². The summed E-state index contributed by atoms with van der Waals surface area (Å²) in [5.41, 5.74) is 2.75. The molecule has 0 radical (unpaired) electrons. The third-order valence-electron chi connectivity index (χ3n) is 5.94. The molecule has 1 atom stereocenters. The van der Waals surface area contributed by atoms with Crippen molar-refractivity contribution in [1.29, 1.82) is 0 Å². The molecule has 5 rings (SSSR count). The highest BCUT2D eigenvalue weighted by Gasteiger charge is 2.22. The van der Waals surface area contributed by atoms with Crippen LogP contribution >= 0.6 is 0 Å². The van der Waals surface area contributed by atoms with Crippen molar-refractivity contribution in [3.05, 3.63) is 81.5 Å². The van der Waals surface area contributed by atoms with E-state index in [9.17, 15) is 14.7 Å². The summed E-state index contributed by atoms with van der Waals surface area (Å²) < 4.78 is 8.29. The molecule has 2 aromatic carbocycles. The Morgan fingerprint density at radius 2 is 2.03 bits per heavy atom. The normalized spacial score (nSPS) is 14.2. The lowest BCUT2D eigenvalue weighted by Crippen LogP contribution is -2.34. The molecular formula is C24H23N5O4. The average Bonchev–Trinajstić information content (AvgIpc) is 3.27. The molecule has 0 aliphatic carbocycles. The zero-order valence-corrected chi connectivity index (χ0v) is 18.3. The number of benzene rings is 2. The van der Waals surface area contributed by atoms with Crippen LogP contribution in [0.5, 0.6) is 0 Å². The van der Waals surface area contributed by atoms with E-state index >= 15 is 0 Å². The Labute approximate surface area is 189 Å². The summed E-state index contributed by atoms with van der Waals surface area (Å²) in [6.45, 7) is 5.71. The predicted molar refractivity (Wildman–Crippen MR) is 124 cm³/mol. The van der Waals surface area contributed by atoms with Crippen LogP contribution in [-0.2, 0) is 13.1 Å². The summed E-state index contributed by atoms with van der Waals surface area (Å²) in [4.78, 5) is 26.6. The van der Waals surface area contributed by atoms with Crippen LogP contribution in [0.2, 0.25) is 0 Å². The topological polar surface area (TPSA) is 113 Å². The summed E-state index contributed by atoms with van der Waals surface area (Å²) in [5, 5.41) is 21.4. The third kappa shape index (κ3) is 3.82. The summed E-state index contributed by atoms with van der Waals surface area (Å²) in [6.07, 6.45) is 1.70. The van der Waals surface area contributed by atoms with Gasteiger partial charge in [-0.05, 0) is 37.6 Å². The highest BCUT2D eigenvalue weighted by molar-refractivity contribution is 5.94. The number of carboxylic acid groups (broad SMARTS) is 1. The molecule has 3 heterocycles. The van der Waals surface area contributed by atoms with E-state index in [0.29, 0.717) is 42.2 Å². The molecule has 0 saturated heterocycles. The van der Waals surface area contributed by atoms with Crippen molar-refractivity contribution in [1.82, 2.24) is 14.8 Å². The van der Waals surface area contributed by atoms with Crippen molar-refractivity contribution in [3.63, 3.8) is 0 Å². The monoisotopic (exact) mass is 445 g/mol. The number of aromatic nitrogens is 3. The van der Waals surface area contributed by atoms with Crippen LogP contribution in [0.3, 0.4) is 0 Å². The Morgan fingerprint density at radius 3 is 2.85 bits per heavy atom. The van der Waals surface area contributed by atoms with Crippen LogP contribution in [0.1, 0.15) is 40.3 Å². The number of fused-ring (bicyclic) bond motifs is 2. The SMILES string of the molecule is Cc1cc(C(C)Nc2ccccc2C(=O)O)c2oc(N3CCn4cnnc4C3)cc(=O)c2c1. The van der Waals surface area contributed by atoms with Crippen LogP contribution in [0.25, 0.3) is 11.0 Å². The molecule has 168 valence electrons. The molecule has 1 aliphatic heterocycles. The lowest BCUT2D eigenvalue weighted by molar-refractivity contribution is 0.0698. The number of para-hydroxylation sites is 1. The first-order valence-corrected chi connectivity index (χ1v) is 10.7. The molecule has 1 unspecified atom stereocenters. The fourth-order valence-electron chi connectivity index (χ4n) is 4.26. The number of nitrogens with zero attached hydrogens (tertiary/aromatic N) is 4. The van der Waals surface area contributed by atoms with E-state index < -0.39 is 5.97 Å². The fraction of sp³-hybridized carbons (Fsp3) is 0.250. The zero-order chi connectivity index (χ0) is 23.1. The van der Waals surface area contributed by atoms with Crippen molar-refractivity contribution in [2.75, 3.05) is 16.8 Å². The Bertz CT molecular complexity index is 1420. The third-order valence-corrected chi connectivity index (χ3v) is 5.94. The van der Waals surface area contributed by atoms with Gasteiger partial charge >= 0.3 is 5.97 Å². The maximum absolute atomic E-state index is 13.0. The van der Waals surface area contributed by atoms with Gasteiger partial charge in [0.05, 0.1) is 23.5 Å². The van der Waals surface area contributed by atoms with E-state index in [2.05, 4.69) is 15.5 Å². The number of nitrogens with one attached hydrogen (secondary N) is 1. The van der Waals surface area contributed by atoms with Crippen molar-refractivity contribution >= 4 is 28.5 Å². The van der Waals surface area contributed by atoms with Gasteiger partial charge in [-0.1, -0.05) is 18.2 Å². The first kappa shape index (κ1) is 20.7. The van der Waals surface area contributed by atoms with Crippen molar-refractivity contribution in [2.24, 2.45) is 0 Å². The highest BCUT2D eigenvalue weighted by atomic mass is 16.4. The van der Waals surface area contributed by atoms with Gasteiger partial charge in [0.15, 0.2) is 17.1 Å². The number of hydrogen-bond acceptors (Lipinski definition) is 7. The Balaban J connectivity index is 1.56. The molecule has 2 N–H and O–H groups in total. The second-order valence-corrected chi connectivity index (χ2v) is 8.26. The van der Waals surface area contributed by atoms with Crippen LogP contribution in [0, 0.1) is 6.92 Å². The Kier molecular flexibility index (Phi) is 5.08. The molecule has 9 nitrogen and oxygen atoms in total. The molecule has 2 aromatic heterocycles. The molecule has 9 heteroatoms. The van der Waals surface area contributed by atoms with Gasteiger partial charge in [0.2, 0.25) is 0 Å². The summed E-state index contributed by atoms with van der Waals surface area (Å²) in [5.74, 6) is 0.282. The van der Waals surface area contributed by atoms with Crippen molar-refractivity contribution in [2.45, 2.75) is 33.0 Å². The number of carbonyl (C=O) groups is 1. The van der Waals surface area contributed by atoms with Gasteiger partial charge in [-0.15, -0.1) is 10.2 Å². The van der Waals surface area contributed by atoms with Gasteiger partial charge < -0.3 is 24.3 Å². The fourth-order valence-corrected chi connectivity index (χ4v) is 4.26. The molecular weight excluding hydrogens is 422 g/mol. The maximum atomic E-state index is 13.0. The van der Waals surface area contributed by atoms with Gasteiger partial charge in [0, 0.05) is 30.4 Å². The molecule has 0 fully saturated rings. The van der Waals surface area contributed by atoms with E-state index in [1.54, 1.807) is 30.6 Å². The van der Waals surface area contributed by atoms with Crippen LogP contribution in [0.15, 0.2) is 58.0 Å². The lowest BCUT2D eigenvalue weighted by Gasteiger charge is -2.28. The van der Waals surface area contributed by atoms with Gasteiger partial charge in [-0.25, -0.2) is 4.79 Å². The molecule has 4 aromatic rings. The van der Waals surface area contributed by atoms with Crippen LogP contribution < -0.4 is 15.6 Å². The summed E-state index contributed by atoms with van der Waals surface area (Å²) in [7, 11) is 0. The molecule has 0 spiro atoms. The predicted octanol–water partition coefficient (Wildman–Crippen LogP) is 3.58. The first-order chi connectivity index (χ1) is 15.9. The van der Waals surface area contributed by atoms with Gasteiger partial charge in [-0.3, -0.25) is 4.79 Å². The molecule has 0 saturated carbocycles. The molecule has 0 bridgehead atoms. The van der Waals surface area contributed by atoms with Crippen molar-refractivity contribution < 1.29 is 14.3 Å². The summed E-state index contributed by atoms with van der Waals surface area (Å²) >= 11 is 0. The first-order valence-electron chi connectivity index (χ1n) is 10.7. The second-order valence-electron chi connectivity index (χ2n) is 8.26. The van der Waals surface area contributed by atoms with E-state index in [-0.39, 0.29) is 17.0 Å².